The molecule has 0 aromatic heterocycles. The fraction of sp³-hybridized carbons (Fsp3) is 0.308. The van der Waals surface area contributed by atoms with Crippen LogP contribution in [0, 0.1) is 0 Å². The SMILES string of the molecule is Cl.NCCCNC(=O)CN1C(=O)c2ccc(Br)cc2C1=O. The van der Waals surface area contributed by atoms with Crippen LogP contribution in [-0.4, -0.2) is 42.3 Å². The van der Waals surface area contributed by atoms with Gasteiger partial charge in [0.25, 0.3) is 11.8 Å². The van der Waals surface area contributed by atoms with E-state index in [2.05, 4.69) is 21.2 Å². The van der Waals surface area contributed by atoms with E-state index in [-0.39, 0.29) is 24.9 Å². The molecule has 3 N–H and O–H groups in total. The third-order valence-corrected chi connectivity index (χ3v) is 3.43. The van der Waals surface area contributed by atoms with Gasteiger partial charge in [-0.15, -0.1) is 12.4 Å². The second-order valence-electron chi connectivity index (χ2n) is 4.38. The van der Waals surface area contributed by atoms with Crippen molar-refractivity contribution in [1.29, 1.82) is 0 Å². The summed E-state index contributed by atoms with van der Waals surface area (Å²) in [6.07, 6.45) is 0.654. The van der Waals surface area contributed by atoms with Crippen molar-refractivity contribution >= 4 is 46.1 Å². The minimum Gasteiger partial charge on any atom is -0.354 e. The van der Waals surface area contributed by atoms with E-state index >= 15 is 0 Å². The second-order valence-corrected chi connectivity index (χ2v) is 5.29. The van der Waals surface area contributed by atoms with Gasteiger partial charge in [0.1, 0.15) is 6.54 Å². The highest BCUT2D eigenvalue weighted by Gasteiger charge is 2.36. The van der Waals surface area contributed by atoms with Crippen molar-refractivity contribution in [2.75, 3.05) is 19.6 Å². The number of hydrogen-bond donors (Lipinski definition) is 2. The van der Waals surface area contributed by atoms with Gasteiger partial charge in [0, 0.05) is 11.0 Å². The van der Waals surface area contributed by atoms with Crippen LogP contribution in [0.1, 0.15) is 27.1 Å². The van der Waals surface area contributed by atoms with E-state index in [4.69, 9.17) is 5.73 Å². The molecular weight excluding hydrogens is 362 g/mol. The summed E-state index contributed by atoms with van der Waals surface area (Å²) in [6, 6.07) is 4.85. The third kappa shape index (κ3) is 3.81. The number of carbonyl (C=O) groups is 3. The van der Waals surface area contributed by atoms with E-state index in [0.717, 1.165) is 4.90 Å². The van der Waals surface area contributed by atoms with Gasteiger partial charge in [-0.25, -0.2) is 0 Å². The average molecular weight is 377 g/mol. The van der Waals surface area contributed by atoms with E-state index in [1.165, 1.54) is 0 Å². The number of imide groups is 1. The minimum absolute atomic E-state index is 0. The fourth-order valence-corrected chi connectivity index (χ4v) is 2.30. The Hall–Kier alpha value is -1.44. The van der Waals surface area contributed by atoms with Crippen LogP contribution < -0.4 is 11.1 Å². The summed E-state index contributed by atoms with van der Waals surface area (Å²) in [6.45, 7) is 0.639. The summed E-state index contributed by atoms with van der Waals surface area (Å²) in [5.74, 6) is -1.25. The van der Waals surface area contributed by atoms with Crippen LogP contribution >= 0.6 is 28.3 Å². The van der Waals surface area contributed by atoms with Crippen LogP contribution in [0.15, 0.2) is 22.7 Å². The fourth-order valence-electron chi connectivity index (χ4n) is 1.94. The van der Waals surface area contributed by atoms with E-state index in [1.807, 2.05) is 0 Å². The zero-order valence-corrected chi connectivity index (χ0v) is 13.5. The number of amides is 3. The van der Waals surface area contributed by atoms with E-state index < -0.39 is 11.8 Å². The average Bonchev–Trinajstić information content (AvgIpc) is 2.64. The van der Waals surface area contributed by atoms with Crippen molar-refractivity contribution in [3.05, 3.63) is 33.8 Å². The lowest BCUT2D eigenvalue weighted by Crippen LogP contribution is -2.40. The Morgan fingerprint density at radius 1 is 1.24 bits per heavy atom. The van der Waals surface area contributed by atoms with Crippen LogP contribution in [0.3, 0.4) is 0 Å². The molecule has 0 atom stereocenters. The van der Waals surface area contributed by atoms with Crippen LogP contribution in [0.4, 0.5) is 0 Å². The molecule has 0 bridgehead atoms. The summed E-state index contributed by atoms with van der Waals surface area (Å²) < 4.78 is 0.714. The first kappa shape index (κ1) is 17.6. The number of benzene rings is 1. The standard InChI is InChI=1S/C13H14BrN3O3.ClH/c14-8-2-3-9-10(6-8)13(20)17(12(9)19)7-11(18)16-5-1-4-15;/h2-3,6H,1,4-5,7,15H2,(H,16,18);1H. The highest BCUT2D eigenvalue weighted by atomic mass is 79.9. The molecule has 3 amide bonds. The highest BCUT2D eigenvalue weighted by molar-refractivity contribution is 9.10. The molecule has 1 aliphatic heterocycles. The molecule has 1 aromatic carbocycles. The molecule has 0 aliphatic carbocycles. The Balaban J connectivity index is 0.00000220. The molecule has 0 spiro atoms. The summed E-state index contributed by atoms with van der Waals surface area (Å²) in [5.41, 5.74) is 5.97. The Labute approximate surface area is 136 Å². The largest absolute Gasteiger partial charge is 0.354 e. The minimum atomic E-state index is -0.444. The number of nitrogens with one attached hydrogen (secondary N) is 1. The number of fused-ring (bicyclic) bond motifs is 1. The molecule has 1 aliphatic rings. The van der Waals surface area contributed by atoms with Gasteiger partial charge in [-0.1, -0.05) is 15.9 Å². The predicted octanol–water partition coefficient (Wildman–Crippen LogP) is 0.932. The molecule has 0 saturated carbocycles. The molecule has 1 aromatic rings. The quantitative estimate of drug-likeness (QED) is 0.591. The summed E-state index contributed by atoms with van der Waals surface area (Å²) in [5, 5.41) is 2.62. The van der Waals surface area contributed by atoms with E-state index in [9.17, 15) is 14.4 Å². The van der Waals surface area contributed by atoms with Crippen LogP contribution in [0.5, 0.6) is 0 Å². The Bertz CT molecular complexity index is 580. The molecule has 21 heavy (non-hydrogen) atoms. The zero-order valence-electron chi connectivity index (χ0n) is 11.1. The summed E-state index contributed by atoms with van der Waals surface area (Å²) in [7, 11) is 0. The van der Waals surface area contributed by atoms with Gasteiger partial charge in [0.15, 0.2) is 0 Å². The number of hydrogen-bond acceptors (Lipinski definition) is 4. The van der Waals surface area contributed by atoms with Crippen molar-refractivity contribution in [1.82, 2.24) is 10.2 Å². The normalized spacial score (nSPS) is 13.0. The van der Waals surface area contributed by atoms with Crippen molar-refractivity contribution in [3.8, 4) is 0 Å². The van der Waals surface area contributed by atoms with E-state index in [1.54, 1.807) is 18.2 Å². The Morgan fingerprint density at radius 2 is 1.90 bits per heavy atom. The Kier molecular flexibility index (Phi) is 6.32. The predicted molar refractivity (Wildman–Crippen MR) is 83.4 cm³/mol. The third-order valence-electron chi connectivity index (χ3n) is 2.94. The highest BCUT2D eigenvalue weighted by Crippen LogP contribution is 2.25. The first-order valence-electron chi connectivity index (χ1n) is 6.17. The first-order valence-corrected chi connectivity index (χ1v) is 6.96. The van der Waals surface area contributed by atoms with Crippen molar-refractivity contribution in [3.63, 3.8) is 0 Å². The number of halogens is 2. The van der Waals surface area contributed by atoms with Gasteiger partial charge in [0.2, 0.25) is 5.91 Å². The number of carbonyl (C=O) groups excluding carboxylic acids is 3. The molecule has 0 unspecified atom stereocenters. The van der Waals surface area contributed by atoms with Crippen LogP contribution in [-0.2, 0) is 4.79 Å². The number of rotatable bonds is 5. The lowest BCUT2D eigenvalue weighted by atomic mass is 10.1. The summed E-state index contributed by atoms with van der Waals surface area (Å²) >= 11 is 3.25. The van der Waals surface area contributed by atoms with Gasteiger partial charge < -0.3 is 11.1 Å². The smallest absolute Gasteiger partial charge is 0.262 e. The van der Waals surface area contributed by atoms with E-state index in [0.29, 0.717) is 35.1 Å². The molecule has 6 nitrogen and oxygen atoms in total. The molecule has 0 radical (unpaired) electrons. The monoisotopic (exact) mass is 375 g/mol. The summed E-state index contributed by atoms with van der Waals surface area (Å²) in [4.78, 5) is 36.8. The van der Waals surface area contributed by atoms with Crippen LogP contribution in [0.2, 0.25) is 0 Å². The second kappa shape index (κ2) is 7.53. The van der Waals surface area contributed by atoms with Gasteiger partial charge in [0.05, 0.1) is 11.1 Å². The van der Waals surface area contributed by atoms with Gasteiger partial charge in [-0.2, -0.15) is 0 Å². The maximum Gasteiger partial charge on any atom is 0.262 e. The molecular formula is C13H15BrClN3O3. The lowest BCUT2D eigenvalue weighted by molar-refractivity contribution is -0.121. The Morgan fingerprint density at radius 3 is 2.57 bits per heavy atom. The maximum absolute atomic E-state index is 12.1. The molecule has 0 saturated heterocycles. The molecule has 1 heterocycles. The van der Waals surface area contributed by atoms with Crippen molar-refractivity contribution in [2.24, 2.45) is 5.73 Å². The zero-order chi connectivity index (χ0) is 14.7. The molecule has 8 heteroatoms. The number of nitrogens with zero attached hydrogens (tertiary/aromatic N) is 1. The first-order chi connectivity index (χ1) is 9.54. The topological polar surface area (TPSA) is 92.5 Å². The van der Waals surface area contributed by atoms with Gasteiger partial charge in [-0.3, -0.25) is 19.3 Å². The van der Waals surface area contributed by atoms with Gasteiger partial charge >= 0.3 is 0 Å². The molecule has 2 rings (SSSR count). The van der Waals surface area contributed by atoms with Crippen molar-refractivity contribution in [2.45, 2.75) is 6.42 Å². The van der Waals surface area contributed by atoms with Crippen molar-refractivity contribution < 1.29 is 14.4 Å². The molecule has 114 valence electrons. The number of nitrogens with two attached hydrogens (primary N) is 1. The lowest BCUT2D eigenvalue weighted by Gasteiger charge is -2.13. The maximum atomic E-state index is 12.1. The molecule has 0 fully saturated rings. The van der Waals surface area contributed by atoms with Gasteiger partial charge in [-0.05, 0) is 31.2 Å². The van der Waals surface area contributed by atoms with Crippen LogP contribution in [0.25, 0.3) is 0 Å².